The monoisotopic (exact) mass is 329 g/mol. The molecule has 8 heteroatoms. The molecule has 0 unspecified atom stereocenters. The molecule has 1 fully saturated rings. The molecule has 0 spiro atoms. The lowest BCUT2D eigenvalue weighted by Crippen LogP contribution is -2.43. The molecule has 2 amide bonds. The lowest BCUT2D eigenvalue weighted by atomic mass is 10.2. The second-order valence-electron chi connectivity index (χ2n) is 5.59. The van der Waals surface area contributed by atoms with Crippen molar-refractivity contribution in [1.82, 2.24) is 14.8 Å². The highest BCUT2D eigenvalue weighted by Crippen LogP contribution is 2.37. The molecule has 0 saturated heterocycles. The molecule has 2 heterocycles. The number of benzene rings is 1. The highest BCUT2D eigenvalue weighted by atomic mass is 32.2. The topological polar surface area (TPSA) is 80.1 Å². The van der Waals surface area contributed by atoms with E-state index in [1.54, 1.807) is 12.4 Å². The Morgan fingerprint density at radius 1 is 1.35 bits per heavy atom. The molecule has 118 valence electrons. The number of amides is 2. The number of thioether (sulfide) groups is 1. The summed E-state index contributed by atoms with van der Waals surface area (Å²) < 4.78 is 2.02. The number of aromatic nitrogens is 3. The van der Waals surface area contributed by atoms with Gasteiger partial charge in [-0.05, 0) is 25.0 Å². The van der Waals surface area contributed by atoms with Gasteiger partial charge in [0, 0.05) is 6.04 Å². The van der Waals surface area contributed by atoms with Gasteiger partial charge in [-0.3, -0.25) is 9.59 Å². The minimum Gasteiger partial charge on any atom is -0.323 e. The molecule has 1 aliphatic carbocycles. The van der Waals surface area contributed by atoms with Crippen LogP contribution in [0.1, 0.15) is 18.9 Å². The molecule has 0 atom stereocenters. The van der Waals surface area contributed by atoms with Crippen molar-refractivity contribution >= 4 is 35.0 Å². The van der Waals surface area contributed by atoms with Crippen LogP contribution in [0.5, 0.6) is 0 Å². The zero-order chi connectivity index (χ0) is 15.8. The van der Waals surface area contributed by atoms with Crippen LogP contribution < -0.4 is 10.2 Å². The molecule has 0 radical (unpaired) electrons. The molecule has 0 bridgehead atoms. The van der Waals surface area contributed by atoms with Crippen LogP contribution in [0.25, 0.3) is 0 Å². The maximum atomic E-state index is 12.6. The van der Waals surface area contributed by atoms with Crippen molar-refractivity contribution in [2.45, 2.75) is 24.0 Å². The first kappa shape index (κ1) is 14.3. The van der Waals surface area contributed by atoms with Crippen molar-refractivity contribution in [3.05, 3.63) is 30.6 Å². The molecule has 1 aromatic heterocycles. The van der Waals surface area contributed by atoms with Gasteiger partial charge in [-0.15, -0.1) is 10.2 Å². The Kier molecular flexibility index (Phi) is 3.53. The number of fused-ring (bicyclic) bond motifs is 1. The molecule has 4 rings (SSSR count). The summed E-state index contributed by atoms with van der Waals surface area (Å²) in [7, 11) is 0. The minimum absolute atomic E-state index is 0.0473. The number of carbonyl (C=O) groups is 2. The largest absolute Gasteiger partial charge is 0.323 e. The Labute approximate surface area is 137 Å². The van der Waals surface area contributed by atoms with Crippen molar-refractivity contribution < 1.29 is 9.59 Å². The molecule has 2 aliphatic rings. The third-order valence-corrected chi connectivity index (χ3v) is 4.82. The van der Waals surface area contributed by atoms with E-state index in [9.17, 15) is 9.59 Å². The number of nitrogens with one attached hydrogen (secondary N) is 1. The summed E-state index contributed by atoms with van der Waals surface area (Å²) in [5, 5.41) is 11.5. The lowest BCUT2D eigenvalue weighted by Gasteiger charge is -2.29. The number of hydrogen-bond donors (Lipinski definition) is 1. The summed E-state index contributed by atoms with van der Waals surface area (Å²) in [6.45, 7) is 0.0473. The van der Waals surface area contributed by atoms with Crippen LogP contribution in [-0.4, -0.2) is 38.9 Å². The fourth-order valence-electron chi connectivity index (χ4n) is 2.60. The Bertz CT molecular complexity index is 771. The van der Waals surface area contributed by atoms with E-state index < -0.39 is 0 Å². The van der Waals surface area contributed by atoms with Crippen molar-refractivity contribution in [3.63, 3.8) is 0 Å². The highest BCUT2D eigenvalue weighted by Gasteiger charge is 2.29. The number of anilines is 2. The van der Waals surface area contributed by atoms with E-state index in [0.29, 0.717) is 11.7 Å². The third kappa shape index (κ3) is 2.81. The molecule has 7 nitrogen and oxygen atoms in total. The van der Waals surface area contributed by atoms with Crippen LogP contribution in [0.2, 0.25) is 0 Å². The second kappa shape index (κ2) is 5.69. The van der Waals surface area contributed by atoms with Crippen molar-refractivity contribution in [3.8, 4) is 0 Å². The molecule has 2 aromatic rings. The van der Waals surface area contributed by atoms with Gasteiger partial charge in [-0.1, -0.05) is 23.9 Å². The van der Waals surface area contributed by atoms with Crippen molar-refractivity contribution in [2.75, 3.05) is 22.5 Å². The van der Waals surface area contributed by atoms with Gasteiger partial charge in [-0.2, -0.15) is 0 Å². The average Bonchev–Trinajstić information content (AvgIpc) is 3.30. The number of nitrogens with zero attached hydrogens (tertiary/aromatic N) is 4. The van der Waals surface area contributed by atoms with E-state index in [1.807, 2.05) is 22.8 Å². The normalized spacial score (nSPS) is 16.9. The summed E-state index contributed by atoms with van der Waals surface area (Å²) >= 11 is 1.37. The van der Waals surface area contributed by atoms with Gasteiger partial charge in [0.1, 0.15) is 12.9 Å². The Balaban J connectivity index is 1.49. The summed E-state index contributed by atoms with van der Waals surface area (Å²) in [4.78, 5) is 25.9. The zero-order valence-electron chi connectivity index (χ0n) is 12.3. The van der Waals surface area contributed by atoms with Crippen LogP contribution in [0.15, 0.2) is 35.7 Å². The fourth-order valence-corrected chi connectivity index (χ4v) is 3.46. The van der Waals surface area contributed by atoms with Gasteiger partial charge in [0.2, 0.25) is 11.8 Å². The first-order valence-electron chi connectivity index (χ1n) is 7.44. The van der Waals surface area contributed by atoms with Crippen molar-refractivity contribution in [2.24, 2.45) is 0 Å². The second-order valence-corrected chi connectivity index (χ2v) is 6.53. The SMILES string of the molecule is O=C1CN(C(=O)CSc2nncn2C2CC2)c2ccccc2N1. The molecule has 23 heavy (non-hydrogen) atoms. The molecular formula is C15H15N5O2S. The summed E-state index contributed by atoms with van der Waals surface area (Å²) in [6.07, 6.45) is 3.99. The van der Waals surface area contributed by atoms with E-state index in [4.69, 9.17) is 0 Å². The number of para-hydroxylation sites is 2. The van der Waals surface area contributed by atoms with E-state index in [2.05, 4.69) is 15.5 Å². The number of rotatable bonds is 4. The van der Waals surface area contributed by atoms with Crippen LogP contribution in [0.3, 0.4) is 0 Å². The van der Waals surface area contributed by atoms with Crippen LogP contribution in [0.4, 0.5) is 11.4 Å². The molecule has 1 N–H and O–H groups in total. The van der Waals surface area contributed by atoms with Crippen molar-refractivity contribution in [1.29, 1.82) is 0 Å². The third-order valence-electron chi connectivity index (χ3n) is 3.88. The summed E-state index contributed by atoms with van der Waals surface area (Å²) in [5.74, 6) is -0.0571. The predicted octanol–water partition coefficient (Wildman–Crippen LogP) is 1.69. The first-order valence-corrected chi connectivity index (χ1v) is 8.42. The zero-order valence-corrected chi connectivity index (χ0v) is 13.1. The first-order chi connectivity index (χ1) is 11.2. The predicted molar refractivity (Wildman–Crippen MR) is 86.4 cm³/mol. The highest BCUT2D eigenvalue weighted by molar-refractivity contribution is 7.99. The number of carbonyl (C=O) groups excluding carboxylic acids is 2. The van der Waals surface area contributed by atoms with E-state index in [0.717, 1.165) is 23.7 Å². The quantitative estimate of drug-likeness (QED) is 0.864. The average molecular weight is 329 g/mol. The fraction of sp³-hybridized carbons (Fsp3) is 0.333. The van der Waals surface area contributed by atoms with Gasteiger partial charge >= 0.3 is 0 Å². The Morgan fingerprint density at radius 2 is 2.17 bits per heavy atom. The summed E-state index contributed by atoms with van der Waals surface area (Å²) in [6, 6.07) is 7.80. The maximum absolute atomic E-state index is 12.6. The maximum Gasteiger partial charge on any atom is 0.244 e. The molecule has 1 saturated carbocycles. The van der Waals surface area contributed by atoms with E-state index >= 15 is 0 Å². The molecular weight excluding hydrogens is 314 g/mol. The van der Waals surface area contributed by atoms with Crippen LogP contribution >= 0.6 is 11.8 Å². The molecule has 1 aromatic carbocycles. The van der Waals surface area contributed by atoms with E-state index in [1.165, 1.54) is 16.7 Å². The van der Waals surface area contributed by atoms with Crippen LogP contribution in [-0.2, 0) is 9.59 Å². The summed E-state index contributed by atoms with van der Waals surface area (Å²) in [5.41, 5.74) is 1.41. The smallest absolute Gasteiger partial charge is 0.244 e. The minimum atomic E-state index is -0.178. The van der Waals surface area contributed by atoms with Gasteiger partial charge in [0.15, 0.2) is 5.16 Å². The standard InChI is InChI=1S/C15H15N5O2S/c21-13-7-19(12-4-2-1-3-11(12)17-13)14(22)8-23-15-18-16-9-20(15)10-5-6-10/h1-4,9-10H,5-8H2,(H,17,21). The lowest BCUT2D eigenvalue weighted by molar-refractivity contribution is -0.120. The Morgan fingerprint density at radius 3 is 3.00 bits per heavy atom. The Hall–Kier alpha value is -2.35. The molecule has 1 aliphatic heterocycles. The van der Waals surface area contributed by atoms with Gasteiger partial charge < -0.3 is 14.8 Å². The van der Waals surface area contributed by atoms with Crippen LogP contribution in [0, 0.1) is 0 Å². The van der Waals surface area contributed by atoms with Gasteiger partial charge in [0.05, 0.1) is 17.1 Å². The van der Waals surface area contributed by atoms with Gasteiger partial charge in [-0.25, -0.2) is 0 Å². The van der Waals surface area contributed by atoms with E-state index in [-0.39, 0.29) is 24.1 Å². The number of hydrogen-bond acceptors (Lipinski definition) is 5. The van der Waals surface area contributed by atoms with Gasteiger partial charge in [0.25, 0.3) is 0 Å².